The molecule has 2 aromatic carbocycles. The van der Waals surface area contributed by atoms with E-state index >= 15 is 0 Å². The van der Waals surface area contributed by atoms with Crippen LogP contribution in [-0.2, 0) is 16.6 Å². The molecule has 0 fully saturated rings. The number of sulfonamides is 1. The third-order valence-corrected chi connectivity index (χ3v) is 5.01. The Bertz CT molecular complexity index is 1010. The van der Waals surface area contributed by atoms with Gasteiger partial charge in [0.25, 0.3) is 10.0 Å². The van der Waals surface area contributed by atoms with Gasteiger partial charge in [0.2, 0.25) is 0 Å². The van der Waals surface area contributed by atoms with Crippen LogP contribution in [0.3, 0.4) is 0 Å². The Hall–Kier alpha value is -2.87. The minimum Gasteiger partial charge on any atom is -0.488 e. The largest absolute Gasteiger partial charge is 0.488 e. The normalized spacial score (nSPS) is 12.9. The minimum absolute atomic E-state index is 0.0402. The predicted molar refractivity (Wildman–Crippen MR) is 83.5 cm³/mol. The zero-order valence-corrected chi connectivity index (χ0v) is 13.0. The summed E-state index contributed by atoms with van der Waals surface area (Å²) in [6.45, 7) is 0.325. The molecule has 1 aliphatic rings. The molecule has 1 N–H and O–H groups in total. The van der Waals surface area contributed by atoms with Crippen LogP contribution in [0.4, 0.5) is 10.1 Å². The summed E-state index contributed by atoms with van der Waals surface area (Å²) in [5.74, 6) is 0.580. The maximum absolute atomic E-state index is 12.9. The third kappa shape index (κ3) is 2.50. The highest BCUT2D eigenvalue weighted by atomic mass is 32.2. The molecule has 0 aliphatic carbocycles. The number of aromatic nitrogens is 1. The van der Waals surface area contributed by atoms with Gasteiger partial charge in [0.15, 0.2) is 5.76 Å². The summed E-state index contributed by atoms with van der Waals surface area (Å²) in [5.41, 5.74) is 1.55. The Labute approximate surface area is 136 Å². The number of hydrogen-bond donors (Lipinski definition) is 1. The molecular formula is C16H11FN2O4S. The van der Waals surface area contributed by atoms with E-state index in [2.05, 4.69) is 9.88 Å². The topological polar surface area (TPSA) is 81.4 Å². The summed E-state index contributed by atoms with van der Waals surface area (Å²) >= 11 is 0. The van der Waals surface area contributed by atoms with Gasteiger partial charge in [0.1, 0.15) is 18.2 Å². The lowest BCUT2D eigenvalue weighted by molar-refractivity contribution is 0.297. The first-order chi connectivity index (χ1) is 11.5. The number of benzene rings is 2. The van der Waals surface area contributed by atoms with E-state index in [1.165, 1.54) is 42.6 Å². The predicted octanol–water partition coefficient (Wildman–Crippen LogP) is 3.17. The van der Waals surface area contributed by atoms with Crippen molar-refractivity contribution in [2.24, 2.45) is 0 Å². The van der Waals surface area contributed by atoms with Crippen molar-refractivity contribution in [3.05, 3.63) is 60.0 Å². The standard InChI is InChI=1S/C16H11FN2O4S/c17-11-1-3-12(4-2-11)19-24(20,21)13-5-6-15-14(7-13)16-10(9-22-15)8-18-23-16/h1-8,19H,9H2. The second kappa shape index (κ2) is 5.34. The van der Waals surface area contributed by atoms with Crippen LogP contribution in [0.5, 0.6) is 5.75 Å². The van der Waals surface area contributed by atoms with Crippen molar-refractivity contribution in [3.63, 3.8) is 0 Å². The average Bonchev–Trinajstić information content (AvgIpc) is 3.05. The van der Waals surface area contributed by atoms with E-state index in [4.69, 9.17) is 9.26 Å². The van der Waals surface area contributed by atoms with Gasteiger partial charge in [-0.25, -0.2) is 12.8 Å². The Morgan fingerprint density at radius 1 is 1.12 bits per heavy atom. The Morgan fingerprint density at radius 2 is 1.92 bits per heavy atom. The molecule has 0 saturated carbocycles. The molecule has 122 valence electrons. The lowest BCUT2D eigenvalue weighted by Gasteiger charge is -2.17. The van der Waals surface area contributed by atoms with Gasteiger partial charge in [0, 0.05) is 5.69 Å². The van der Waals surface area contributed by atoms with Crippen molar-refractivity contribution in [1.82, 2.24) is 5.16 Å². The molecule has 8 heteroatoms. The first-order valence-corrected chi connectivity index (χ1v) is 8.50. The smallest absolute Gasteiger partial charge is 0.261 e. The van der Waals surface area contributed by atoms with Crippen LogP contribution in [-0.4, -0.2) is 13.6 Å². The van der Waals surface area contributed by atoms with Crippen molar-refractivity contribution in [1.29, 1.82) is 0 Å². The maximum Gasteiger partial charge on any atom is 0.261 e. The molecule has 3 aromatic rings. The van der Waals surface area contributed by atoms with Gasteiger partial charge >= 0.3 is 0 Å². The zero-order valence-electron chi connectivity index (χ0n) is 12.2. The zero-order chi connectivity index (χ0) is 16.7. The summed E-state index contributed by atoms with van der Waals surface area (Å²) < 4.78 is 51.1. The van der Waals surface area contributed by atoms with Crippen molar-refractivity contribution < 1.29 is 22.1 Å². The molecule has 2 heterocycles. The number of nitrogens with one attached hydrogen (secondary N) is 1. The third-order valence-electron chi connectivity index (χ3n) is 3.63. The quantitative estimate of drug-likeness (QED) is 0.788. The molecule has 0 unspecified atom stereocenters. The van der Waals surface area contributed by atoms with E-state index in [-0.39, 0.29) is 10.6 Å². The van der Waals surface area contributed by atoms with Gasteiger partial charge in [-0.05, 0) is 42.5 Å². The van der Waals surface area contributed by atoms with Crippen molar-refractivity contribution >= 4 is 15.7 Å². The fourth-order valence-corrected chi connectivity index (χ4v) is 3.54. The van der Waals surface area contributed by atoms with Gasteiger partial charge in [-0.1, -0.05) is 5.16 Å². The number of halogens is 1. The second-order valence-electron chi connectivity index (χ2n) is 5.24. The van der Waals surface area contributed by atoms with Gasteiger partial charge in [0.05, 0.1) is 22.2 Å². The number of fused-ring (bicyclic) bond motifs is 3. The van der Waals surface area contributed by atoms with E-state index in [0.717, 1.165) is 5.56 Å². The van der Waals surface area contributed by atoms with E-state index in [1.54, 1.807) is 6.07 Å². The second-order valence-corrected chi connectivity index (χ2v) is 6.92. The highest BCUT2D eigenvalue weighted by molar-refractivity contribution is 7.92. The molecule has 0 spiro atoms. The van der Waals surface area contributed by atoms with E-state index < -0.39 is 15.8 Å². The highest BCUT2D eigenvalue weighted by Crippen LogP contribution is 2.38. The van der Waals surface area contributed by atoms with Crippen molar-refractivity contribution in [2.75, 3.05) is 4.72 Å². The molecule has 0 saturated heterocycles. The van der Waals surface area contributed by atoms with Crippen molar-refractivity contribution in [3.8, 4) is 17.1 Å². The average molecular weight is 346 g/mol. The number of rotatable bonds is 3. The van der Waals surface area contributed by atoms with Gasteiger partial charge in [-0.3, -0.25) is 4.72 Å². The van der Waals surface area contributed by atoms with Crippen LogP contribution in [0.15, 0.2) is 58.1 Å². The molecular weight excluding hydrogens is 335 g/mol. The summed E-state index contributed by atoms with van der Waals surface area (Å²) in [5, 5.41) is 3.71. The number of hydrogen-bond acceptors (Lipinski definition) is 5. The highest BCUT2D eigenvalue weighted by Gasteiger charge is 2.24. The molecule has 6 nitrogen and oxygen atoms in total. The van der Waals surface area contributed by atoms with Crippen molar-refractivity contribution in [2.45, 2.75) is 11.5 Å². The molecule has 1 aliphatic heterocycles. The summed E-state index contributed by atoms with van der Waals surface area (Å²) in [7, 11) is -3.84. The summed E-state index contributed by atoms with van der Waals surface area (Å²) in [4.78, 5) is 0.0402. The molecule has 0 radical (unpaired) electrons. The van der Waals surface area contributed by atoms with E-state index in [1.807, 2.05) is 0 Å². The first-order valence-electron chi connectivity index (χ1n) is 7.02. The number of anilines is 1. The maximum atomic E-state index is 12.9. The fourth-order valence-electron chi connectivity index (χ4n) is 2.45. The fraction of sp³-hybridized carbons (Fsp3) is 0.0625. The molecule has 24 heavy (non-hydrogen) atoms. The summed E-state index contributed by atoms with van der Waals surface area (Å²) in [6.07, 6.45) is 1.54. The Balaban J connectivity index is 1.72. The molecule has 0 amide bonds. The number of nitrogens with zero attached hydrogens (tertiary/aromatic N) is 1. The summed E-state index contributed by atoms with van der Waals surface area (Å²) in [6, 6.07) is 9.53. The van der Waals surface area contributed by atoms with Crippen LogP contribution in [0.2, 0.25) is 0 Å². The molecule has 0 atom stereocenters. The van der Waals surface area contributed by atoms with E-state index in [9.17, 15) is 12.8 Å². The first kappa shape index (κ1) is 14.7. The monoisotopic (exact) mass is 346 g/mol. The Kier molecular flexibility index (Phi) is 3.27. The Morgan fingerprint density at radius 3 is 2.71 bits per heavy atom. The molecule has 1 aromatic heterocycles. The van der Waals surface area contributed by atoms with Crippen LogP contribution < -0.4 is 9.46 Å². The van der Waals surface area contributed by atoms with Crippen LogP contribution in [0.1, 0.15) is 5.56 Å². The number of ether oxygens (including phenoxy) is 1. The SMILES string of the molecule is O=S(=O)(Nc1ccc(F)cc1)c1ccc2c(c1)-c1oncc1CO2. The van der Waals surface area contributed by atoms with Gasteiger partial charge < -0.3 is 9.26 Å². The van der Waals surface area contributed by atoms with Gasteiger partial charge in [-0.2, -0.15) is 0 Å². The minimum atomic E-state index is -3.84. The van der Waals surface area contributed by atoms with Crippen LogP contribution >= 0.6 is 0 Å². The molecule has 0 bridgehead atoms. The molecule has 4 rings (SSSR count). The van der Waals surface area contributed by atoms with Crippen LogP contribution in [0.25, 0.3) is 11.3 Å². The van der Waals surface area contributed by atoms with Crippen LogP contribution in [0, 0.1) is 5.82 Å². The lowest BCUT2D eigenvalue weighted by atomic mass is 10.1. The lowest BCUT2D eigenvalue weighted by Crippen LogP contribution is -2.13. The van der Waals surface area contributed by atoms with E-state index in [0.29, 0.717) is 23.7 Å². The van der Waals surface area contributed by atoms with Gasteiger partial charge in [-0.15, -0.1) is 0 Å².